The van der Waals surface area contributed by atoms with Gasteiger partial charge in [0.1, 0.15) is 0 Å². The number of halogens is 1. The fourth-order valence-electron chi connectivity index (χ4n) is 2.84. The fourth-order valence-corrected chi connectivity index (χ4v) is 3.81. The lowest BCUT2D eigenvalue weighted by molar-refractivity contribution is -0.147. The van der Waals surface area contributed by atoms with E-state index < -0.39 is 11.9 Å². The summed E-state index contributed by atoms with van der Waals surface area (Å²) >= 11 is 6.94. The molecule has 1 amide bonds. The van der Waals surface area contributed by atoms with Gasteiger partial charge in [0.05, 0.1) is 15.1 Å². The Morgan fingerprint density at radius 1 is 1.19 bits per heavy atom. The highest BCUT2D eigenvalue weighted by atomic mass is 35.5. The summed E-state index contributed by atoms with van der Waals surface area (Å²) in [5.74, 6) is -1.37. The van der Waals surface area contributed by atoms with Crippen LogP contribution < -0.4 is 0 Å². The average Bonchev–Trinajstić information content (AvgIpc) is 3.24. The summed E-state index contributed by atoms with van der Waals surface area (Å²) in [6.07, 6.45) is 0.874. The zero-order valence-corrected chi connectivity index (χ0v) is 15.6. The van der Waals surface area contributed by atoms with Crippen molar-refractivity contribution >= 4 is 40.6 Å². The highest BCUT2D eigenvalue weighted by Gasteiger charge is 2.35. The van der Waals surface area contributed by atoms with Gasteiger partial charge in [0, 0.05) is 19.5 Å². The van der Waals surface area contributed by atoms with Crippen molar-refractivity contribution in [1.29, 1.82) is 0 Å². The molecule has 0 aliphatic carbocycles. The zero-order chi connectivity index (χ0) is 18.5. The third-order valence-corrected chi connectivity index (χ3v) is 5.53. The molecule has 7 heteroatoms. The van der Waals surface area contributed by atoms with Crippen molar-refractivity contribution in [2.75, 3.05) is 19.7 Å². The van der Waals surface area contributed by atoms with Crippen molar-refractivity contribution in [2.45, 2.75) is 12.8 Å². The Morgan fingerprint density at radius 2 is 1.96 bits per heavy atom. The molecule has 1 aliphatic heterocycles. The van der Waals surface area contributed by atoms with E-state index in [2.05, 4.69) is 0 Å². The molecule has 1 aliphatic rings. The number of likely N-dealkylation sites (tertiary alicyclic amines) is 1. The normalized spacial score (nSPS) is 16.7. The van der Waals surface area contributed by atoms with Gasteiger partial charge in [-0.1, -0.05) is 41.9 Å². The molecule has 0 N–H and O–H groups in total. The van der Waals surface area contributed by atoms with Gasteiger partial charge in [0.2, 0.25) is 11.7 Å². The molecule has 1 aromatic carbocycles. The largest absolute Gasteiger partial charge is 0.457 e. The van der Waals surface area contributed by atoms with Gasteiger partial charge in [-0.2, -0.15) is 0 Å². The molecule has 0 spiro atoms. The number of carbonyl (C=O) groups excluding carboxylic acids is 3. The molecule has 26 heavy (non-hydrogen) atoms. The van der Waals surface area contributed by atoms with E-state index in [1.807, 2.05) is 30.3 Å². The first-order chi connectivity index (χ1) is 12.5. The average molecular weight is 392 g/mol. The van der Waals surface area contributed by atoms with Crippen LogP contribution in [0.1, 0.15) is 21.7 Å². The number of carbonyl (C=O) groups is 3. The van der Waals surface area contributed by atoms with E-state index >= 15 is 0 Å². The maximum Gasteiger partial charge on any atom is 0.311 e. The van der Waals surface area contributed by atoms with Crippen molar-refractivity contribution in [2.24, 2.45) is 5.92 Å². The molecule has 0 radical (unpaired) electrons. The third kappa shape index (κ3) is 4.71. The predicted octanol–water partition coefficient (Wildman–Crippen LogP) is 3.22. The van der Waals surface area contributed by atoms with Gasteiger partial charge in [-0.25, -0.2) is 0 Å². The van der Waals surface area contributed by atoms with Gasteiger partial charge in [0.15, 0.2) is 6.61 Å². The van der Waals surface area contributed by atoms with Crippen LogP contribution in [0.25, 0.3) is 0 Å². The molecule has 0 saturated carbocycles. The Morgan fingerprint density at radius 3 is 2.65 bits per heavy atom. The predicted molar refractivity (Wildman–Crippen MR) is 99.5 cm³/mol. The van der Waals surface area contributed by atoms with Crippen LogP contribution in [0.4, 0.5) is 0 Å². The Labute approximate surface area is 160 Å². The molecule has 5 nitrogen and oxygen atoms in total. The number of ketones is 1. The molecule has 136 valence electrons. The van der Waals surface area contributed by atoms with Gasteiger partial charge < -0.3 is 9.64 Å². The summed E-state index contributed by atoms with van der Waals surface area (Å²) in [5.41, 5.74) is 1.14. The van der Waals surface area contributed by atoms with Gasteiger partial charge in [-0.3, -0.25) is 14.4 Å². The van der Waals surface area contributed by atoms with Crippen LogP contribution in [0.3, 0.4) is 0 Å². The van der Waals surface area contributed by atoms with Crippen molar-refractivity contribution in [1.82, 2.24) is 4.90 Å². The minimum Gasteiger partial charge on any atom is -0.457 e. The number of hydrogen-bond donors (Lipinski definition) is 0. The second-order valence-corrected chi connectivity index (χ2v) is 7.83. The summed E-state index contributed by atoms with van der Waals surface area (Å²) < 4.78 is 5.62. The molecule has 0 bridgehead atoms. The second kappa shape index (κ2) is 8.47. The van der Waals surface area contributed by atoms with E-state index in [0.29, 0.717) is 22.3 Å². The van der Waals surface area contributed by atoms with Gasteiger partial charge in [-0.05, 0) is 24.1 Å². The molecule has 3 rings (SSSR count). The number of thiophene rings is 1. The molecule has 1 saturated heterocycles. The smallest absolute Gasteiger partial charge is 0.311 e. The number of hydrogen-bond acceptors (Lipinski definition) is 5. The van der Waals surface area contributed by atoms with Crippen LogP contribution >= 0.6 is 22.9 Å². The summed E-state index contributed by atoms with van der Waals surface area (Å²) in [6.45, 7) is 0.577. The molecule has 2 aromatic rings. The maximum absolute atomic E-state index is 12.2. The first kappa shape index (κ1) is 18.6. The van der Waals surface area contributed by atoms with Crippen LogP contribution in [0, 0.1) is 5.92 Å². The minimum atomic E-state index is -0.516. The summed E-state index contributed by atoms with van der Waals surface area (Å²) in [5, 5.41) is 0. The van der Waals surface area contributed by atoms with E-state index in [9.17, 15) is 14.4 Å². The van der Waals surface area contributed by atoms with Crippen molar-refractivity contribution in [3.8, 4) is 0 Å². The minimum absolute atomic E-state index is 0.0563. The highest BCUT2D eigenvalue weighted by molar-refractivity contribution is 7.18. The Kier molecular flexibility index (Phi) is 6.06. The standard InChI is InChI=1S/C19H18ClNO4S/c20-17-7-6-16(26-17)15(22)12-25-19(24)14-10-18(23)21(11-14)9-8-13-4-2-1-3-5-13/h1-7,14H,8-12H2/t14-/m1/s1. The van der Waals surface area contributed by atoms with Crippen LogP contribution in [0.15, 0.2) is 42.5 Å². The quantitative estimate of drug-likeness (QED) is 0.537. The number of nitrogens with zero attached hydrogens (tertiary/aromatic N) is 1. The van der Waals surface area contributed by atoms with Crippen molar-refractivity contribution < 1.29 is 19.1 Å². The van der Waals surface area contributed by atoms with E-state index in [4.69, 9.17) is 16.3 Å². The van der Waals surface area contributed by atoms with Crippen LogP contribution in [0.5, 0.6) is 0 Å². The maximum atomic E-state index is 12.2. The topological polar surface area (TPSA) is 63.7 Å². The number of amides is 1. The third-order valence-electron chi connectivity index (χ3n) is 4.25. The van der Waals surface area contributed by atoms with Gasteiger partial charge in [0.25, 0.3) is 0 Å². The zero-order valence-electron chi connectivity index (χ0n) is 14.0. The first-order valence-corrected chi connectivity index (χ1v) is 9.49. The second-order valence-electron chi connectivity index (χ2n) is 6.11. The molecule has 1 aromatic heterocycles. The van der Waals surface area contributed by atoms with Crippen LogP contribution in [0.2, 0.25) is 4.34 Å². The summed E-state index contributed by atoms with van der Waals surface area (Å²) in [4.78, 5) is 38.4. The first-order valence-electron chi connectivity index (χ1n) is 8.30. The van der Waals surface area contributed by atoms with E-state index in [1.54, 1.807) is 17.0 Å². The molecule has 2 heterocycles. The van der Waals surface area contributed by atoms with Crippen molar-refractivity contribution in [3.63, 3.8) is 0 Å². The van der Waals surface area contributed by atoms with Crippen LogP contribution in [-0.2, 0) is 20.7 Å². The Hall–Kier alpha value is -2.18. The summed E-state index contributed by atoms with van der Waals surface area (Å²) in [7, 11) is 0. The molecule has 1 atom stereocenters. The highest BCUT2D eigenvalue weighted by Crippen LogP contribution is 2.23. The van der Waals surface area contributed by atoms with Crippen LogP contribution in [-0.4, -0.2) is 42.3 Å². The van der Waals surface area contributed by atoms with E-state index in [0.717, 1.165) is 23.3 Å². The fraction of sp³-hybridized carbons (Fsp3) is 0.316. The summed E-state index contributed by atoms with van der Waals surface area (Å²) in [6, 6.07) is 13.1. The Bertz CT molecular complexity index is 805. The SMILES string of the molecule is O=C(COC(=O)[C@@H]1CC(=O)N(CCc2ccccc2)C1)c1ccc(Cl)s1. The lowest BCUT2D eigenvalue weighted by Gasteiger charge is -2.16. The Balaban J connectivity index is 1.46. The molecular weight excluding hydrogens is 374 g/mol. The molecule has 0 unspecified atom stereocenters. The molecular formula is C19H18ClNO4S. The van der Waals surface area contributed by atoms with Crippen molar-refractivity contribution in [3.05, 3.63) is 57.2 Å². The number of benzene rings is 1. The van der Waals surface area contributed by atoms with E-state index in [-0.39, 0.29) is 24.7 Å². The number of ether oxygens (including phenoxy) is 1. The molecule has 1 fully saturated rings. The van der Waals surface area contributed by atoms with Gasteiger partial charge >= 0.3 is 5.97 Å². The monoisotopic (exact) mass is 391 g/mol. The lowest BCUT2D eigenvalue weighted by Crippen LogP contribution is -2.29. The number of rotatable bonds is 7. The van der Waals surface area contributed by atoms with Gasteiger partial charge in [-0.15, -0.1) is 11.3 Å². The van der Waals surface area contributed by atoms with E-state index in [1.165, 1.54) is 0 Å². The lowest BCUT2D eigenvalue weighted by atomic mass is 10.1. The number of Topliss-reactive ketones (excluding diaryl/α,β-unsaturated/α-hetero) is 1. The number of esters is 1.